The Morgan fingerprint density at radius 2 is 1.90 bits per heavy atom. The van der Waals surface area contributed by atoms with Gasteiger partial charge in [-0.3, -0.25) is 9.59 Å². The molecule has 0 heterocycles. The number of ether oxygens (including phenoxy) is 2. The number of carbonyl (C=O) groups excluding carboxylic acids is 2. The molecule has 3 fully saturated rings. The SMILES string of the molecule is COC(COC(C)=O)[C@@]1(O)CC[C@H]2[C@@H]3CCC4=CC(=O)CC[C@]4(C)[C@H]3CC[C@@]21C. The number of rotatable bonds is 4. The zero-order chi connectivity index (χ0) is 21.0. The summed E-state index contributed by atoms with van der Waals surface area (Å²) < 4.78 is 10.9. The van der Waals surface area contributed by atoms with Crippen molar-refractivity contribution in [2.24, 2.45) is 28.6 Å². The smallest absolute Gasteiger partial charge is 0.302 e. The molecule has 0 saturated heterocycles. The Hall–Kier alpha value is -1.20. The molecule has 4 aliphatic rings. The number of ketones is 1. The van der Waals surface area contributed by atoms with Gasteiger partial charge < -0.3 is 14.6 Å². The van der Waals surface area contributed by atoms with E-state index >= 15 is 0 Å². The van der Waals surface area contributed by atoms with Gasteiger partial charge in [-0.05, 0) is 74.2 Å². The van der Waals surface area contributed by atoms with Crippen molar-refractivity contribution in [2.75, 3.05) is 13.7 Å². The number of hydrogen-bond donors (Lipinski definition) is 1. The molecule has 4 rings (SSSR count). The molecule has 162 valence electrons. The minimum absolute atomic E-state index is 0.103. The predicted molar refractivity (Wildman–Crippen MR) is 109 cm³/mol. The lowest BCUT2D eigenvalue weighted by Crippen LogP contribution is -2.60. The number of fused-ring (bicyclic) bond motifs is 5. The van der Waals surface area contributed by atoms with E-state index in [-0.39, 0.29) is 23.4 Å². The fourth-order valence-corrected chi connectivity index (χ4v) is 7.73. The van der Waals surface area contributed by atoms with E-state index in [0.29, 0.717) is 36.4 Å². The molecule has 4 aliphatic carbocycles. The molecule has 0 amide bonds. The van der Waals surface area contributed by atoms with Gasteiger partial charge in [-0.25, -0.2) is 0 Å². The van der Waals surface area contributed by atoms with Gasteiger partial charge in [0, 0.05) is 25.9 Å². The highest BCUT2D eigenvalue weighted by Crippen LogP contribution is 2.68. The van der Waals surface area contributed by atoms with Crippen molar-refractivity contribution in [3.05, 3.63) is 11.6 Å². The lowest BCUT2D eigenvalue weighted by Gasteiger charge is -2.59. The van der Waals surface area contributed by atoms with Gasteiger partial charge in [-0.2, -0.15) is 0 Å². The van der Waals surface area contributed by atoms with Crippen molar-refractivity contribution < 1.29 is 24.2 Å². The lowest BCUT2D eigenvalue weighted by atomic mass is 9.46. The average Bonchev–Trinajstić information content (AvgIpc) is 2.94. The van der Waals surface area contributed by atoms with Gasteiger partial charge in [-0.15, -0.1) is 0 Å². The summed E-state index contributed by atoms with van der Waals surface area (Å²) in [7, 11) is 1.60. The molecule has 0 spiro atoms. The minimum Gasteiger partial charge on any atom is -0.463 e. The summed E-state index contributed by atoms with van der Waals surface area (Å²) in [5.41, 5.74) is 0.289. The Labute approximate surface area is 174 Å². The Morgan fingerprint density at radius 1 is 1.17 bits per heavy atom. The van der Waals surface area contributed by atoms with Crippen LogP contribution in [0.3, 0.4) is 0 Å². The number of esters is 1. The summed E-state index contributed by atoms with van der Waals surface area (Å²) in [5, 5.41) is 11.9. The Kier molecular flexibility index (Phi) is 5.22. The molecule has 1 N–H and O–H groups in total. The second kappa shape index (κ2) is 7.19. The van der Waals surface area contributed by atoms with Gasteiger partial charge >= 0.3 is 5.97 Å². The lowest BCUT2D eigenvalue weighted by molar-refractivity contribution is -0.198. The number of allylic oxidation sites excluding steroid dienone is 1. The van der Waals surface area contributed by atoms with Crippen LogP contribution in [0, 0.1) is 28.6 Å². The van der Waals surface area contributed by atoms with Gasteiger partial charge in [0.25, 0.3) is 0 Å². The van der Waals surface area contributed by atoms with E-state index in [2.05, 4.69) is 13.8 Å². The summed E-state index contributed by atoms with van der Waals surface area (Å²) in [4.78, 5) is 23.3. The first-order chi connectivity index (χ1) is 13.7. The molecule has 29 heavy (non-hydrogen) atoms. The first-order valence-corrected chi connectivity index (χ1v) is 11.3. The number of aliphatic hydroxyl groups is 1. The van der Waals surface area contributed by atoms with Crippen LogP contribution in [-0.2, 0) is 19.1 Å². The largest absolute Gasteiger partial charge is 0.463 e. The first kappa shape index (κ1) is 21.0. The number of methoxy groups -OCH3 is 1. The van der Waals surface area contributed by atoms with Crippen LogP contribution >= 0.6 is 0 Å². The van der Waals surface area contributed by atoms with Crippen molar-refractivity contribution in [1.82, 2.24) is 0 Å². The highest BCUT2D eigenvalue weighted by atomic mass is 16.6. The Balaban J connectivity index is 1.61. The summed E-state index contributed by atoms with van der Waals surface area (Å²) >= 11 is 0. The van der Waals surface area contributed by atoms with Crippen LogP contribution in [0.15, 0.2) is 11.6 Å². The van der Waals surface area contributed by atoms with Crippen LogP contribution in [0.4, 0.5) is 0 Å². The fourth-order valence-electron chi connectivity index (χ4n) is 7.73. The highest BCUT2D eigenvalue weighted by Gasteiger charge is 2.66. The van der Waals surface area contributed by atoms with E-state index in [0.717, 1.165) is 38.5 Å². The van der Waals surface area contributed by atoms with E-state index in [1.165, 1.54) is 12.5 Å². The summed E-state index contributed by atoms with van der Waals surface area (Å²) in [5.74, 6) is 1.55. The van der Waals surface area contributed by atoms with Crippen LogP contribution in [0.1, 0.15) is 72.1 Å². The zero-order valence-electron chi connectivity index (χ0n) is 18.3. The Bertz CT molecular complexity index is 729. The van der Waals surface area contributed by atoms with Gasteiger partial charge in [0.2, 0.25) is 0 Å². The molecule has 5 nitrogen and oxygen atoms in total. The van der Waals surface area contributed by atoms with Gasteiger partial charge in [-0.1, -0.05) is 19.4 Å². The third kappa shape index (κ3) is 3.03. The summed E-state index contributed by atoms with van der Waals surface area (Å²) in [6.07, 6.45) is 8.91. The molecule has 3 saturated carbocycles. The molecular weight excluding hydrogens is 368 g/mol. The molecule has 0 bridgehead atoms. The van der Waals surface area contributed by atoms with E-state index in [4.69, 9.17) is 9.47 Å². The molecule has 1 unspecified atom stereocenters. The molecule has 7 atom stereocenters. The second-order valence-corrected chi connectivity index (χ2v) is 10.4. The van der Waals surface area contributed by atoms with Gasteiger partial charge in [0.15, 0.2) is 5.78 Å². The number of hydrogen-bond acceptors (Lipinski definition) is 5. The zero-order valence-corrected chi connectivity index (χ0v) is 18.3. The maximum Gasteiger partial charge on any atom is 0.302 e. The molecular formula is C24H36O5. The standard InChI is InChI=1S/C24H36O5/c1-15(25)29-14-21(28-4)24(27)12-9-20-18-6-5-16-13-17(26)7-10-22(16,2)19(18)8-11-23(20,24)3/h13,18-21,27H,5-12,14H2,1-4H3/t18-,19+,20+,21?,22+,23+,24+/m1/s1. The van der Waals surface area contributed by atoms with E-state index in [1.807, 2.05) is 6.08 Å². The van der Waals surface area contributed by atoms with Crippen molar-refractivity contribution in [3.63, 3.8) is 0 Å². The maximum absolute atomic E-state index is 12.0. The van der Waals surface area contributed by atoms with Crippen LogP contribution < -0.4 is 0 Å². The van der Waals surface area contributed by atoms with E-state index < -0.39 is 11.7 Å². The third-order valence-electron chi connectivity index (χ3n) is 9.43. The topological polar surface area (TPSA) is 72.8 Å². The molecule has 5 heteroatoms. The monoisotopic (exact) mass is 404 g/mol. The number of carbonyl (C=O) groups is 2. The Morgan fingerprint density at radius 3 is 2.59 bits per heavy atom. The van der Waals surface area contributed by atoms with Crippen LogP contribution in [0.25, 0.3) is 0 Å². The van der Waals surface area contributed by atoms with Crippen molar-refractivity contribution >= 4 is 11.8 Å². The minimum atomic E-state index is -0.980. The third-order valence-corrected chi connectivity index (χ3v) is 9.43. The molecule has 0 aromatic rings. The molecule has 0 aromatic carbocycles. The molecule has 0 aliphatic heterocycles. The van der Waals surface area contributed by atoms with Gasteiger partial charge in [0.1, 0.15) is 12.7 Å². The first-order valence-electron chi connectivity index (χ1n) is 11.3. The molecule has 0 aromatic heterocycles. The van der Waals surface area contributed by atoms with Gasteiger partial charge in [0.05, 0.1) is 5.60 Å². The van der Waals surface area contributed by atoms with Crippen LogP contribution in [-0.4, -0.2) is 42.3 Å². The summed E-state index contributed by atoms with van der Waals surface area (Å²) in [6.45, 7) is 6.11. The normalized spacial score (nSPS) is 44.9. The maximum atomic E-state index is 12.0. The van der Waals surface area contributed by atoms with Crippen LogP contribution in [0.5, 0.6) is 0 Å². The molecule has 0 radical (unpaired) electrons. The average molecular weight is 405 g/mol. The van der Waals surface area contributed by atoms with E-state index in [1.54, 1.807) is 7.11 Å². The van der Waals surface area contributed by atoms with Crippen molar-refractivity contribution in [3.8, 4) is 0 Å². The predicted octanol–water partition coefficient (Wildman–Crippen LogP) is 3.83. The van der Waals surface area contributed by atoms with E-state index in [9.17, 15) is 14.7 Å². The highest BCUT2D eigenvalue weighted by molar-refractivity contribution is 5.91. The second-order valence-electron chi connectivity index (χ2n) is 10.4. The fraction of sp³-hybridized carbons (Fsp3) is 0.833. The quantitative estimate of drug-likeness (QED) is 0.721. The van der Waals surface area contributed by atoms with Crippen molar-refractivity contribution in [1.29, 1.82) is 0 Å². The van der Waals surface area contributed by atoms with Crippen LogP contribution in [0.2, 0.25) is 0 Å². The van der Waals surface area contributed by atoms with Crippen molar-refractivity contribution in [2.45, 2.75) is 83.8 Å². The summed E-state index contributed by atoms with van der Waals surface area (Å²) in [6, 6.07) is 0.